The van der Waals surface area contributed by atoms with Crippen LogP contribution in [0.5, 0.6) is 0 Å². The van der Waals surface area contributed by atoms with Crippen LogP contribution in [0.3, 0.4) is 0 Å². The number of allylic oxidation sites excluding steroid dienone is 7. The van der Waals surface area contributed by atoms with Gasteiger partial charge in [0.2, 0.25) is 0 Å². The van der Waals surface area contributed by atoms with E-state index in [2.05, 4.69) is 37.2 Å². The summed E-state index contributed by atoms with van der Waals surface area (Å²) in [6.07, 6.45) is 9.10. The summed E-state index contributed by atoms with van der Waals surface area (Å²) >= 11 is 0. The minimum absolute atomic E-state index is 0.935. The fraction of sp³-hybridized carbons (Fsp3) is 0.353. The minimum atomic E-state index is 0.935. The van der Waals surface area contributed by atoms with E-state index < -0.39 is 0 Å². The molecule has 0 aliphatic heterocycles. The molecule has 0 spiro atoms. The summed E-state index contributed by atoms with van der Waals surface area (Å²) in [5.41, 5.74) is 5.11. The number of aliphatic imine (C=N–C) groups is 1. The summed E-state index contributed by atoms with van der Waals surface area (Å²) in [6, 6.07) is 0. The molecule has 98 valence electrons. The molecule has 0 saturated heterocycles. The Morgan fingerprint density at radius 2 is 1.78 bits per heavy atom. The van der Waals surface area contributed by atoms with Crippen LogP contribution in [0, 0.1) is 0 Å². The summed E-state index contributed by atoms with van der Waals surface area (Å²) in [4.78, 5) is 4.62. The lowest BCUT2D eigenvalue weighted by molar-refractivity contribution is 1.16. The Balaban J connectivity index is 5.40. The Kier molecular flexibility index (Phi) is 7.69. The largest absolute Gasteiger partial charge is 0.253 e. The van der Waals surface area contributed by atoms with Gasteiger partial charge in [0.05, 0.1) is 5.70 Å². The van der Waals surface area contributed by atoms with E-state index in [1.807, 2.05) is 39.8 Å². The molecule has 1 nitrogen and oxygen atoms in total. The summed E-state index contributed by atoms with van der Waals surface area (Å²) in [5.74, 6) is 0. The Morgan fingerprint density at radius 3 is 2.17 bits per heavy atom. The smallest absolute Gasteiger partial charge is 0.0613 e. The first kappa shape index (κ1) is 16.4. The molecule has 0 atom stereocenters. The van der Waals surface area contributed by atoms with E-state index in [9.17, 15) is 0 Å². The van der Waals surface area contributed by atoms with Gasteiger partial charge in [0.1, 0.15) is 0 Å². The lowest BCUT2D eigenvalue weighted by atomic mass is 10.1. The molecule has 1 heteroatoms. The minimum Gasteiger partial charge on any atom is -0.253 e. The average molecular weight is 243 g/mol. The van der Waals surface area contributed by atoms with E-state index in [4.69, 9.17) is 0 Å². The van der Waals surface area contributed by atoms with E-state index >= 15 is 0 Å². The normalized spacial score (nSPS) is 14.2. The van der Waals surface area contributed by atoms with Crippen LogP contribution < -0.4 is 0 Å². The topological polar surface area (TPSA) is 12.4 Å². The van der Waals surface area contributed by atoms with E-state index in [0.717, 1.165) is 34.5 Å². The van der Waals surface area contributed by atoms with Crippen molar-refractivity contribution in [1.29, 1.82) is 0 Å². The van der Waals surface area contributed by atoms with Gasteiger partial charge in [-0.2, -0.15) is 0 Å². The van der Waals surface area contributed by atoms with Crippen molar-refractivity contribution in [2.45, 2.75) is 41.0 Å². The zero-order chi connectivity index (χ0) is 14.1. The quantitative estimate of drug-likeness (QED) is 0.438. The van der Waals surface area contributed by atoms with Gasteiger partial charge in [0.15, 0.2) is 0 Å². The summed E-state index contributed by atoms with van der Waals surface area (Å²) in [7, 11) is 0. The monoisotopic (exact) mass is 243 g/mol. The first-order chi connectivity index (χ1) is 8.46. The molecule has 18 heavy (non-hydrogen) atoms. The standard InChI is InChI=1S/C17H25N/c1-8-11-16(12-14(6)9-2)15(7)18-17(10-3)13(4)5/h8,10-12H,4,6,9H2,1-3,5,7H3/b11-8-,16-12+,17-10-,18-15+. The maximum absolute atomic E-state index is 4.62. The number of hydrogen-bond acceptors (Lipinski definition) is 1. The Bertz CT molecular complexity index is 429. The molecule has 0 rings (SSSR count). The van der Waals surface area contributed by atoms with Crippen LogP contribution in [0.2, 0.25) is 0 Å². The Labute approximate surface area is 112 Å². The highest BCUT2D eigenvalue weighted by Crippen LogP contribution is 2.13. The van der Waals surface area contributed by atoms with Crippen LogP contribution in [0.1, 0.15) is 41.0 Å². The highest BCUT2D eigenvalue weighted by molar-refractivity contribution is 6.01. The third-order valence-corrected chi connectivity index (χ3v) is 2.58. The fourth-order valence-electron chi connectivity index (χ4n) is 1.43. The molecule has 0 aliphatic carbocycles. The van der Waals surface area contributed by atoms with Gasteiger partial charge >= 0.3 is 0 Å². The van der Waals surface area contributed by atoms with Gasteiger partial charge in [0.25, 0.3) is 0 Å². The lowest BCUT2D eigenvalue weighted by Gasteiger charge is -2.06. The molecule has 0 fully saturated rings. The number of hydrogen-bond donors (Lipinski definition) is 0. The Morgan fingerprint density at radius 1 is 1.17 bits per heavy atom. The molecule has 0 bridgehead atoms. The van der Waals surface area contributed by atoms with Crippen LogP contribution in [0.4, 0.5) is 0 Å². The molecular weight excluding hydrogens is 218 g/mol. The van der Waals surface area contributed by atoms with E-state index in [1.54, 1.807) is 0 Å². The molecule has 0 aromatic heterocycles. The van der Waals surface area contributed by atoms with Crippen LogP contribution in [-0.4, -0.2) is 5.71 Å². The molecule has 0 saturated carbocycles. The van der Waals surface area contributed by atoms with Gasteiger partial charge in [-0.1, -0.05) is 50.0 Å². The van der Waals surface area contributed by atoms with Crippen molar-refractivity contribution in [2.24, 2.45) is 4.99 Å². The van der Waals surface area contributed by atoms with Crippen molar-refractivity contribution in [2.75, 3.05) is 0 Å². The zero-order valence-corrected chi connectivity index (χ0v) is 12.4. The van der Waals surface area contributed by atoms with Crippen molar-refractivity contribution in [3.05, 3.63) is 59.9 Å². The van der Waals surface area contributed by atoms with Crippen LogP contribution in [0.15, 0.2) is 64.9 Å². The highest BCUT2D eigenvalue weighted by Gasteiger charge is 2.01. The second-order valence-corrected chi connectivity index (χ2v) is 4.26. The van der Waals surface area contributed by atoms with E-state index in [-0.39, 0.29) is 0 Å². The van der Waals surface area contributed by atoms with Crippen LogP contribution >= 0.6 is 0 Å². The molecule has 0 aliphatic rings. The highest BCUT2D eigenvalue weighted by atomic mass is 14.8. The maximum atomic E-state index is 4.62. The zero-order valence-electron chi connectivity index (χ0n) is 12.4. The second-order valence-electron chi connectivity index (χ2n) is 4.26. The van der Waals surface area contributed by atoms with Crippen LogP contribution in [0.25, 0.3) is 0 Å². The SMILES string of the molecule is C=C(/C=C(\C=C/C)C(/C)=N/C(=C\C)C(=C)C)CC. The van der Waals surface area contributed by atoms with Crippen molar-refractivity contribution < 1.29 is 0 Å². The predicted molar refractivity (Wildman–Crippen MR) is 84.0 cm³/mol. The fourth-order valence-corrected chi connectivity index (χ4v) is 1.43. The lowest BCUT2D eigenvalue weighted by Crippen LogP contribution is -1.97. The molecule has 0 radical (unpaired) electrons. The van der Waals surface area contributed by atoms with E-state index in [1.165, 1.54) is 0 Å². The van der Waals surface area contributed by atoms with Crippen molar-refractivity contribution in [1.82, 2.24) is 0 Å². The van der Waals surface area contributed by atoms with Gasteiger partial charge < -0.3 is 0 Å². The Hall–Kier alpha value is -1.63. The molecular formula is C17H25N. The summed E-state index contributed by atoms with van der Waals surface area (Å²) < 4.78 is 0. The molecule has 0 unspecified atom stereocenters. The third-order valence-electron chi connectivity index (χ3n) is 2.58. The molecule has 0 aromatic rings. The van der Waals surface area contributed by atoms with Crippen molar-refractivity contribution >= 4 is 5.71 Å². The van der Waals surface area contributed by atoms with Gasteiger partial charge in [0, 0.05) is 5.71 Å². The van der Waals surface area contributed by atoms with Crippen molar-refractivity contribution in [3.8, 4) is 0 Å². The third kappa shape index (κ3) is 5.62. The first-order valence-electron chi connectivity index (χ1n) is 6.36. The van der Waals surface area contributed by atoms with Gasteiger partial charge in [-0.25, -0.2) is 0 Å². The summed E-state index contributed by atoms with van der Waals surface area (Å²) in [5, 5.41) is 0. The number of rotatable bonds is 6. The van der Waals surface area contributed by atoms with Gasteiger partial charge in [-0.05, 0) is 45.3 Å². The van der Waals surface area contributed by atoms with Gasteiger partial charge in [-0.15, -0.1) is 0 Å². The average Bonchev–Trinajstić information content (AvgIpc) is 2.34. The predicted octanol–water partition coefficient (Wildman–Crippen LogP) is 5.40. The van der Waals surface area contributed by atoms with E-state index in [0.29, 0.717) is 0 Å². The van der Waals surface area contributed by atoms with Crippen LogP contribution in [-0.2, 0) is 0 Å². The summed E-state index contributed by atoms with van der Waals surface area (Å²) in [6.45, 7) is 18.0. The molecule has 0 amide bonds. The molecule has 0 aromatic carbocycles. The first-order valence-corrected chi connectivity index (χ1v) is 6.36. The van der Waals surface area contributed by atoms with Gasteiger partial charge in [-0.3, -0.25) is 4.99 Å². The second kappa shape index (κ2) is 8.46. The molecule has 0 heterocycles. The molecule has 0 N–H and O–H groups in total. The van der Waals surface area contributed by atoms with Crippen molar-refractivity contribution in [3.63, 3.8) is 0 Å². The maximum Gasteiger partial charge on any atom is 0.0613 e. The number of nitrogens with zero attached hydrogens (tertiary/aromatic N) is 1.